The summed E-state index contributed by atoms with van der Waals surface area (Å²) in [6, 6.07) is 0.926. The number of aromatic nitrogens is 2. The van der Waals surface area contributed by atoms with Crippen LogP contribution in [0.15, 0.2) is 12.5 Å². The third-order valence-electron chi connectivity index (χ3n) is 3.98. The van der Waals surface area contributed by atoms with Crippen molar-refractivity contribution in [1.82, 2.24) is 14.5 Å². The first-order chi connectivity index (χ1) is 8.13. The van der Waals surface area contributed by atoms with Gasteiger partial charge in [-0.25, -0.2) is 4.98 Å². The minimum atomic E-state index is 0.306. The number of aryl methyl sites for hydroxylation is 1. The van der Waals surface area contributed by atoms with Crippen LogP contribution in [0.2, 0.25) is 0 Å². The van der Waals surface area contributed by atoms with E-state index in [0.717, 1.165) is 12.5 Å². The van der Waals surface area contributed by atoms with Crippen LogP contribution >= 0.6 is 0 Å². The van der Waals surface area contributed by atoms with Crippen LogP contribution in [0.4, 0.5) is 0 Å². The highest BCUT2D eigenvalue weighted by atomic mass is 15.2. The standard InChI is InChI=1S/C13H24N4/c1-10-4-5-11(2)17(8-10)12(6-14)13-7-15-9-16(13)3/h7,9-12H,4-6,8,14H2,1-3H3. The second-order valence-corrected chi connectivity index (χ2v) is 5.41. The van der Waals surface area contributed by atoms with Gasteiger partial charge in [-0.1, -0.05) is 6.92 Å². The van der Waals surface area contributed by atoms with Gasteiger partial charge in [0.2, 0.25) is 0 Å². The van der Waals surface area contributed by atoms with Crippen LogP contribution in [0, 0.1) is 5.92 Å². The van der Waals surface area contributed by atoms with E-state index < -0.39 is 0 Å². The molecule has 4 nitrogen and oxygen atoms in total. The van der Waals surface area contributed by atoms with E-state index in [0.29, 0.717) is 18.6 Å². The van der Waals surface area contributed by atoms with Crippen LogP contribution in [-0.4, -0.2) is 33.6 Å². The summed E-state index contributed by atoms with van der Waals surface area (Å²) < 4.78 is 2.09. The molecule has 0 bridgehead atoms. The number of nitrogens with two attached hydrogens (primary N) is 1. The van der Waals surface area contributed by atoms with E-state index in [1.54, 1.807) is 0 Å². The molecule has 2 heterocycles. The van der Waals surface area contributed by atoms with Gasteiger partial charge in [0.1, 0.15) is 0 Å². The normalized spacial score (nSPS) is 28.2. The van der Waals surface area contributed by atoms with Crippen molar-refractivity contribution in [2.24, 2.45) is 18.7 Å². The Hall–Kier alpha value is -0.870. The molecule has 1 aromatic rings. The van der Waals surface area contributed by atoms with Gasteiger partial charge in [0.05, 0.1) is 18.1 Å². The van der Waals surface area contributed by atoms with Gasteiger partial charge in [0.25, 0.3) is 0 Å². The average Bonchev–Trinajstić information content (AvgIpc) is 2.71. The van der Waals surface area contributed by atoms with Crippen molar-refractivity contribution >= 4 is 0 Å². The lowest BCUT2D eigenvalue weighted by Crippen LogP contribution is -2.46. The SMILES string of the molecule is CC1CCC(C)N(C(CN)c2cncn2C)C1. The van der Waals surface area contributed by atoms with Gasteiger partial charge in [0.15, 0.2) is 0 Å². The van der Waals surface area contributed by atoms with Gasteiger partial charge in [-0.05, 0) is 25.7 Å². The molecular weight excluding hydrogens is 212 g/mol. The zero-order chi connectivity index (χ0) is 12.4. The van der Waals surface area contributed by atoms with Crippen molar-refractivity contribution < 1.29 is 0 Å². The van der Waals surface area contributed by atoms with E-state index in [-0.39, 0.29) is 0 Å². The Kier molecular flexibility index (Phi) is 3.84. The lowest BCUT2D eigenvalue weighted by atomic mass is 9.93. The summed E-state index contributed by atoms with van der Waals surface area (Å²) in [6.45, 7) is 6.45. The summed E-state index contributed by atoms with van der Waals surface area (Å²) in [7, 11) is 2.04. The van der Waals surface area contributed by atoms with E-state index in [1.807, 2.05) is 19.6 Å². The molecule has 0 spiro atoms. The highest BCUT2D eigenvalue weighted by molar-refractivity contribution is 5.07. The third kappa shape index (κ3) is 2.53. The van der Waals surface area contributed by atoms with Crippen molar-refractivity contribution in [2.45, 2.75) is 38.8 Å². The number of hydrogen-bond donors (Lipinski definition) is 1. The highest BCUT2D eigenvalue weighted by Crippen LogP contribution is 2.29. The maximum atomic E-state index is 5.99. The van der Waals surface area contributed by atoms with Gasteiger partial charge in [-0.2, -0.15) is 0 Å². The maximum Gasteiger partial charge on any atom is 0.0946 e. The molecule has 2 rings (SSSR count). The number of piperidine rings is 1. The van der Waals surface area contributed by atoms with Crippen LogP contribution in [0.25, 0.3) is 0 Å². The summed E-state index contributed by atoms with van der Waals surface area (Å²) in [5.74, 6) is 0.772. The van der Waals surface area contributed by atoms with Crippen molar-refractivity contribution in [3.63, 3.8) is 0 Å². The third-order valence-corrected chi connectivity index (χ3v) is 3.98. The minimum Gasteiger partial charge on any atom is -0.336 e. The number of rotatable bonds is 3. The molecule has 3 atom stereocenters. The van der Waals surface area contributed by atoms with Crippen molar-refractivity contribution in [3.05, 3.63) is 18.2 Å². The summed E-state index contributed by atoms with van der Waals surface area (Å²) in [6.07, 6.45) is 6.41. The van der Waals surface area contributed by atoms with Crippen LogP contribution in [0.1, 0.15) is 38.4 Å². The number of likely N-dealkylation sites (tertiary alicyclic amines) is 1. The van der Waals surface area contributed by atoms with Gasteiger partial charge >= 0.3 is 0 Å². The Balaban J connectivity index is 2.20. The number of nitrogens with zero attached hydrogens (tertiary/aromatic N) is 3. The minimum absolute atomic E-state index is 0.306. The summed E-state index contributed by atoms with van der Waals surface area (Å²) in [4.78, 5) is 6.76. The van der Waals surface area contributed by atoms with Gasteiger partial charge in [-0.3, -0.25) is 4.90 Å². The van der Waals surface area contributed by atoms with E-state index in [1.165, 1.54) is 18.5 Å². The lowest BCUT2D eigenvalue weighted by molar-refractivity contribution is 0.0766. The van der Waals surface area contributed by atoms with Gasteiger partial charge < -0.3 is 10.3 Å². The van der Waals surface area contributed by atoms with E-state index in [2.05, 4.69) is 28.3 Å². The van der Waals surface area contributed by atoms with Crippen LogP contribution in [0.3, 0.4) is 0 Å². The Morgan fingerprint density at radius 1 is 1.47 bits per heavy atom. The molecule has 1 fully saturated rings. The Bertz CT molecular complexity index is 360. The smallest absolute Gasteiger partial charge is 0.0946 e. The topological polar surface area (TPSA) is 47.1 Å². The second kappa shape index (κ2) is 5.19. The molecule has 1 saturated heterocycles. The molecule has 1 aromatic heterocycles. The molecule has 0 aromatic carbocycles. The predicted molar refractivity (Wildman–Crippen MR) is 69.6 cm³/mol. The molecule has 1 aliphatic rings. The summed E-state index contributed by atoms with van der Waals surface area (Å²) >= 11 is 0. The Morgan fingerprint density at radius 3 is 2.82 bits per heavy atom. The monoisotopic (exact) mass is 236 g/mol. The summed E-state index contributed by atoms with van der Waals surface area (Å²) in [5, 5.41) is 0. The van der Waals surface area contributed by atoms with Gasteiger partial charge in [0, 0.05) is 32.4 Å². The van der Waals surface area contributed by atoms with Crippen LogP contribution in [0.5, 0.6) is 0 Å². The fourth-order valence-electron chi connectivity index (χ4n) is 2.87. The molecule has 0 saturated carbocycles. The van der Waals surface area contributed by atoms with E-state index >= 15 is 0 Å². The first-order valence-electron chi connectivity index (χ1n) is 6.55. The molecular formula is C13H24N4. The molecule has 0 aliphatic carbocycles. The summed E-state index contributed by atoms with van der Waals surface area (Å²) in [5.41, 5.74) is 7.22. The van der Waals surface area contributed by atoms with Crippen LogP contribution in [-0.2, 0) is 7.05 Å². The predicted octanol–water partition coefficient (Wildman–Crippen LogP) is 1.54. The van der Waals surface area contributed by atoms with Crippen molar-refractivity contribution in [2.75, 3.05) is 13.1 Å². The fraction of sp³-hybridized carbons (Fsp3) is 0.769. The van der Waals surface area contributed by atoms with Gasteiger partial charge in [-0.15, -0.1) is 0 Å². The molecule has 4 heteroatoms. The average molecular weight is 236 g/mol. The molecule has 0 amide bonds. The van der Waals surface area contributed by atoms with E-state index in [4.69, 9.17) is 5.73 Å². The molecule has 3 unspecified atom stereocenters. The lowest BCUT2D eigenvalue weighted by Gasteiger charge is -2.41. The molecule has 0 radical (unpaired) electrons. The van der Waals surface area contributed by atoms with Crippen LogP contribution < -0.4 is 5.73 Å². The molecule has 96 valence electrons. The quantitative estimate of drug-likeness (QED) is 0.866. The maximum absolute atomic E-state index is 5.99. The molecule has 1 aliphatic heterocycles. The van der Waals surface area contributed by atoms with Crippen molar-refractivity contribution in [3.8, 4) is 0 Å². The Labute approximate surface area is 104 Å². The zero-order valence-corrected chi connectivity index (χ0v) is 11.1. The largest absolute Gasteiger partial charge is 0.336 e. The molecule has 17 heavy (non-hydrogen) atoms. The Morgan fingerprint density at radius 2 is 2.24 bits per heavy atom. The zero-order valence-electron chi connectivity index (χ0n) is 11.1. The first-order valence-corrected chi connectivity index (χ1v) is 6.55. The number of imidazole rings is 1. The fourth-order valence-corrected chi connectivity index (χ4v) is 2.87. The highest BCUT2D eigenvalue weighted by Gasteiger charge is 2.30. The van der Waals surface area contributed by atoms with Crippen molar-refractivity contribution in [1.29, 1.82) is 0 Å². The number of hydrogen-bond acceptors (Lipinski definition) is 3. The first kappa shape index (κ1) is 12.6. The second-order valence-electron chi connectivity index (χ2n) is 5.41. The molecule has 2 N–H and O–H groups in total. The van der Waals surface area contributed by atoms with E-state index in [9.17, 15) is 0 Å².